The number of nitrogens with one attached hydrogen (secondary N) is 1. The zero-order chi connectivity index (χ0) is 14.0. The van der Waals surface area contributed by atoms with Crippen LogP contribution in [0.25, 0.3) is 0 Å². The molecule has 19 heavy (non-hydrogen) atoms. The van der Waals surface area contributed by atoms with E-state index in [4.69, 9.17) is 9.52 Å². The SMILES string of the molecule is Cn1nccc1CNS(=O)(=O)c1ccc(C(=O)O)o1. The van der Waals surface area contributed by atoms with Crippen LogP contribution in [0.4, 0.5) is 0 Å². The average Bonchev–Trinajstić information content (AvgIpc) is 2.95. The van der Waals surface area contributed by atoms with E-state index in [9.17, 15) is 13.2 Å². The number of carboxylic acids is 1. The molecule has 102 valence electrons. The molecule has 0 aliphatic rings. The van der Waals surface area contributed by atoms with Crippen molar-refractivity contribution < 1.29 is 22.7 Å². The number of sulfonamides is 1. The number of rotatable bonds is 5. The molecule has 0 saturated heterocycles. The highest BCUT2D eigenvalue weighted by Gasteiger charge is 2.21. The lowest BCUT2D eigenvalue weighted by Gasteiger charge is -2.04. The molecule has 0 bridgehead atoms. The van der Waals surface area contributed by atoms with Crippen LogP contribution in [0, 0.1) is 0 Å². The van der Waals surface area contributed by atoms with Gasteiger partial charge in [0, 0.05) is 13.2 Å². The van der Waals surface area contributed by atoms with Gasteiger partial charge in [-0.1, -0.05) is 0 Å². The summed E-state index contributed by atoms with van der Waals surface area (Å²) in [4.78, 5) is 10.6. The average molecular weight is 285 g/mol. The third-order valence-corrected chi connectivity index (χ3v) is 3.70. The summed E-state index contributed by atoms with van der Waals surface area (Å²) < 4.78 is 32.2. The molecular weight excluding hydrogens is 274 g/mol. The number of carboxylic acid groups (broad SMARTS) is 1. The zero-order valence-corrected chi connectivity index (χ0v) is 10.7. The van der Waals surface area contributed by atoms with E-state index in [1.54, 1.807) is 19.3 Å². The van der Waals surface area contributed by atoms with Gasteiger partial charge in [0.15, 0.2) is 0 Å². The fourth-order valence-electron chi connectivity index (χ4n) is 1.39. The Morgan fingerprint density at radius 2 is 2.21 bits per heavy atom. The second-order valence-corrected chi connectivity index (χ2v) is 5.39. The summed E-state index contributed by atoms with van der Waals surface area (Å²) in [7, 11) is -2.21. The molecule has 0 aromatic carbocycles. The Bertz CT molecular complexity index is 700. The van der Waals surface area contributed by atoms with E-state index in [-0.39, 0.29) is 6.54 Å². The monoisotopic (exact) mass is 285 g/mol. The normalized spacial score (nSPS) is 11.6. The predicted octanol–water partition coefficient (Wildman–Crippen LogP) is 0.190. The van der Waals surface area contributed by atoms with Crippen molar-refractivity contribution in [2.45, 2.75) is 11.6 Å². The van der Waals surface area contributed by atoms with Gasteiger partial charge >= 0.3 is 5.97 Å². The number of hydrogen-bond donors (Lipinski definition) is 2. The lowest BCUT2D eigenvalue weighted by Crippen LogP contribution is -2.24. The first kappa shape index (κ1) is 13.3. The lowest BCUT2D eigenvalue weighted by molar-refractivity contribution is 0.0656. The molecule has 2 heterocycles. The Morgan fingerprint density at radius 1 is 1.47 bits per heavy atom. The van der Waals surface area contributed by atoms with Gasteiger partial charge in [-0.3, -0.25) is 4.68 Å². The van der Waals surface area contributed by atoms with Crippen LogP contribution in [0.15, 0.2) is 33.9 Å². The van der Waals surface area contributed by atoms with Crippen molar-refractivity contribution in [1.29, 1.82) is 0 Å². The van der Waals surface area contributed by atoms with E-state index in [0.29, 0.717) is 5.69 Å². The van der Waals surface area contributed by atoms with Gasteiger partial charge in [-0.05, 0) is 18.2 Å². The fraction of sp³-hybridized carbons (Fsp3) is 0.200. The third kappa shape index (κ3) is 2.83. The van der Waals surface area contributed by atoms with Crippen LogP contribution < -0.4 is 4.72 Å². The maximum Gasteiger partial charge on any atom is 0.371 e. The highest BCUT2D eigenvalue weighted by molar-refractivity contribution is 7.89. The Labute approximate surface area is 108 Å². The number of aryl methyl sites for hydroxylation is 1. The van der Waals surface area contributed by atoms with Gasteiger partial charge < -0.3 is 9.52 Å². The highest BCUT2D eigenvalue weighted by Crippen LogP contribution is 2.14. The standard InChI is InChI=1S/C10H11N3O5S/c1-13-7(4-5-11-13)6-12-19(16,17)9-3-2-8(18-9)10(14)15/h2-5,12H,6H2,1H3,(H,14,15). The van der Waals surface area contributed by atoms with E-state index in [1.165, 1.54) is 4.68 Å². The number of aromatic carboxylic acids is 1. The summed E-state index contributed by atoms with van der Waals surface area (Å²) >= 11 is 0. The molecule has 8 nitrogen and oxygen atoms in total. The molecule has 0 spiro atoms. The van der Waals surface area contributed by atoms with Gasteiger partial charge in [0.2, 0.25) is 10.9 Å². The van der Waals surface area contributed by atoms with E-state index in [2.05, 4.69) is 9.82 Å². The first-order valence-electron chi connectivity index (χ1n) is 5.20. The molecule has 2 aromatic heterocycles. The first-order chi connectivity index (χ1) is 8.90. The zero-order valence-electron chi connectivity index (χ0n) is 9.90. The van der Waals surface area contributed by atoms with Gasteiger partial charge in [0.1, 0.15) is 0 Å². The lowest BCUT2D eigenvalue weighted by atomic mass is 10.4. The molecule has 0 saturated carbocycles. The number of hydrogen-bond acceptors (Lipinski definition) is 5. The molecule has 0 amide bonds. The Kier molecular flexibility index (Phi) is 3.40. The molecule has 0 radical (unpaired) electrons. The molecular formula is C10H11N3O5S. The summed E-state index contributed by atoms with van der Waals surface area (Å²) in [5.74, 6) is -1.76. The molecule has 0 fully saturated rings. The van der Waals surface area contributed by atoms with E-state index < -0.39 is 26.8 Å². The maximum absolute atomic E-state index is 11.8. The third-order valence-electron chi connectivity index (χ3n) is 2.42. The van der Waals surface area contributed by atoms with Gasteiger partial charge in [-0.25, -0.2) is 17.9 Å². The van der Waals surface area contributed by atoms with Gasteiger partial charge in [0.25, 0.3) is 10.0 Å². The summed E-state index contributed by atoms with van der Waals surface area (Å²) in [6.45, 7) is 0.0297. The summed E-state index contributed by atoms with van der Waals surface area (Å²) in [6.07, 6.45) is 1.54. The summed E-state index contributed by atoms with van der Waals surface area (Å²) in [5.41, 5.74) is 0.661. The molecule has 0 aliphatic heterocycles. The van der Waals surface area contributed by atoms with Crippen molar-refractivity contribution in [3.05, 3.63) is 35.9 Å². The topological polar surface area (TPSA) is 114 Å². The molecule has 0 aliphatic carbocycles. The van der Waals surface area contributed by atoms with Crippen LogP contribution in [0.5, 0.6) is 0 Å². The van der Waals surface area contributed by atoms with E-state index in [0.717, 1.165) is 12.1 Å². The molecule has 9 heteroatoms. The van der Waals surface area contributed by atoms with Crippen molar-refractivity contribution in [2.24, 2.45) is 7.05 Å². The maximum atomic E-state index is 11.8. The molecule has 2 N–H and O–H groups in total. The van der Waals surface area contributed by atoms with Crippen LogP contribution in [-0.2, 0) is 23.6 Å². The van der Waals surface area contributed by atoms with Crippen LogP contribution in [0.1, 0.15) is 16.2 Å². The quantitative estimate of drug-likeness (QED) is 0.810. The van der Waals surface area contributed by atoms with Crippen LogP contribution in [0.2, 0.25) is 0 Å². The van der Waals surface area contributed by atoms with Crippen molar-refractivity contribution in [2.75, 3.05) is 0 Å². The number of nitrogens with zero attached hydrogens (tertiary/aromatic N) is 2. The Balaban J connectivity index is 2.14. The van der Waals surface area contributed by atoms with Crippen molar-refractivity contribution in [1.82, 2.24) is 14.5 Å². The minimum Gasteiger partial charge on any atom is -0.475 e. The molecule has 2 rings (SSSR count). The minimum absolute atomic E-state index is 0.0297. The van der Waals surface area contributed by atoms with Crippen LogP contribution >= 0.6 is 0 Å². The van der Waals surface area contributed by atoms with Crippen molar-refractivity contribution in [3.63, 3.8) is 0 Å². The number of aromatic nitrogens is 2. The second-order valence-electron chi connectivity index (χ2n) is 3.69. The van der Waals surface area contributed by atoms with E-state index >= 15 is 0 Å². The molecule has 0 unspecified atom stereocenters. The fourth-order valence-corrected chi connectivity index (χ4v) is 2.32. The minimum atomic E-state index is -3.89. The largest absolute Gasteiger partial charge is 0.475 e. The van der Waals surface area contributed by atoms with Crippen LogP contribution in [0.3, 0.4) is 0 Å². The van der Waals surface area contributed by atoms with Crippen LogP contribution in [-0.4, -0.2) is 29.3 Å². The first-order valence-corrected chi connectivity index (χ1v) is 6.68. The van der Waals surface area contributed by atoms with E-state index in [1.807, 2.05) is 0 Å². The highest BCUT2D eigenvalue weighted by atomic mass is 32.2. The predicted molar refractivity (Wildman–Crippen MR) is 62.9 cm³/mol. The van der Waals surface area contributed by atoms with Crippen molar-refractivity contribution in [3.8, 4) is 0 Å². The van der Waals surface area contributed by atoms with Crippen molar-refractivity contribution >= 4 is 16.0 Å². The van der Waals surface area contributed by atoms with Gasteiger partial charge in [-0.2, -0.15) is 5.10 Å². The number of furan rings is 1. The summed E-state index contributed by atoms with van der Waals surface area (Å²) in [6, 6.07) is 3.84. The Hall–Kier alpha value is -2.13. The molecule has 2 aromatic rings. The molecule has 0 atom stereocenters. The van der Waals surface area contributed by atoms with Gasteiger partial charge in [-0.15, -0.1) is 0 Å². The van der Waals surface area contributed by atoms with Gasteiger partial charge in [0.05, 0.1) is 12.2 Å². The Morgan fingerprint density at radius 3 is 2.74 bits per heavy atom. The second kappa shape index (κ2) is 4.86. The number of carbonyl (C=O) groups is 1. The summed E-state index contributed by atoms with van der Waals surface area (Å²) in [5, 5.41) is 12.1. The smallest absolute Gasteiger partial charge is 0.371 e.